The van der Waals surface area contributed by atoms with Crippen molar-refractivity contribution in [3.05, 3.63) is 29.8 Å². The highest BCUT2D eigenvalue weighted by Gasteiger charge is 2.38. The Morgan fingerprint density at radius 1 is 1.16 bits per heavy atom. The van der Waals surface area contributed by atoms with Crippen molar-refractivity contribution in [1.82, 2.24) is 4.90 Å². The molecule has 2 amide bonds. The molecule has 2 fully saturated rings. The molecule has 6 nitrogen and oxygen atoms in total. The third-order valence-electron chi connectivity index (χ3n) is 5.13. The van der Waals surface area contributed by atoms with Gasteiger partial charge in [0.25, 0.3) is 0 Å². The van der Waals surface area contributed by atoms with E-state index in [2.05, 4.69) is 5.32 Å². The second-order valence-corrected chi connectivity index (χ2v) is 6.77. The number of benzene rings is 1. The van der Waals surface area contributed by atoms with Crippen LogP contribution in [0.5, 0.6) is 0 Å². The van der Waals surface area contributed by atoms with Crippen LogP contribution in [0.4, 0.5) is 5.69 Å². The summed E-state index contributed by atoms with van der Waals surface area (Å²) < 4.78 is 4.74. The van der Waals surface area contributed by atoms with Crippen LogP contribution in [-0.2, 0) is 14.3 Å². The Bertz CT molecular complexity index is 667. The van der Waals surface area contributed by atoms with Crippen LogP contribution < -0.4 is 5.32 Å². The normalized spacial score (nSPS) is 21.2. The number of amides is 2. The lowest BCUT2D eigenvalue weighted by Crippen LogP contribution is -2.38. The molecule has 1 atom stereocenters. The molecular weight excluding hydrogens is 320 g/mol. The van der Waals surface area contributed by atoms with E-state index < -0.39 is 5.97 Å². The predicted molar refractivity (Wildman–Crippen MR) is 93.1 cm³/mol. The van der Waals surface area contributed by atoms with Gasteiger partial charge < -0.3 is 15.0 Å². The Hall–Kier alpha value is -2.37. The second kappa shape index (κ2) is 7.68. The number of likely N-dealkylation sites (tertiary alicyclic amines) is 1. The maximum Gasteiger partial charge on any atom is 0.339 e. The Kier molecular flexibility index (Phi) is 5.36. The number of carbonyl (C=O) groups is 3. The van der Waals surface area contributed by atoms with E-state index in [0.717, 1.165) is 25.7 Å². The molecule has 0 bridgehead atoms. The van der Waals surface area contributed by atoms with E-state index in [1.54, 1.807) is 24.3 Å². The predicted octanol–water partition coefficient (Wildman–Crippen LogP) is 2.59. The maximum atomic E-state index is 12.6. The Labute approximate surface area is 147 Å². The maximum absolute atomic E-state index is 12.6. The molecule has 1 aliphatic carbocycles. The van der Waals surface area contributed by atoms with Crippen molar-refractivity contribution < 1.29 is 19.1 Å². The van der Waals surface area contributed by atoms with Crippen LogP contribution in [0, 0.1) is 5.92 Å². The zero-order chi connectivity index (χ0) is 17.8. The monoisotopic (exact) mass is 344 g/mol. The van der Waals surface area contributed by atoms with Crippen molar-refractivity contribution in [2.45, 2.75) is 44.6 Å². The number of rotatable bonds is 4. The van der Waals surface area contributed by atoms with Crippen molar-refractivity contribution in [2.75, 3.05) is 19.0 Å². The molecule has 1 aliphatic heterocycles. The number of nitrogens with zero attached hydrogens (tertiary/aromatic N) is 1. The van der Waals surface area contributed by atoms with Gasteiger partial charge >= 0.3 is 5.97 Å². The quantitative estimate of drug-likeness (QED) is 0.852. The summed E-state index contributed by atoms with van der Waals surface area (Å²) in [5, 5.41) is 2.79. The summed E-state index contributed by atoms with van der Waals surface area (Å²) >= 11 is 0. The average molecular weight is 344 g/mol. The summed E-state index contributed by atoms with van der Waals surface area (Å²) in [7, 11) is 1.30. The summed E-state index contributed by atoms with van der Waals surface area (Å²) in [6, 6.07) is 7.01. The van der Waals surface area contributed by atoms with Gasteiger partial charge in [-0.3, -0.25) is 9.59 Å². The number of ether oxygens (including phenoxy) is 1. The Balaban J connectivity index is 1.66. The van der Waals surface area contributed by atoms with E-state index in [1.165, 1.54) is 13.5 Å². The molecule has 134 valence electrons. The summed E-state index contributed by atoms with van der Waals surface area (Å²) in [6.07, 6.45) is 5.83. The molecule has 3 rings (SSSR count). The first-order valence-corrected chi connectivity index (χ1v) is 8.88. The minimum absolute atomic E-state index is 0.0632. The van der Waals surface area contributed by atoms with Gasteiger partial charge in [0.05, 0.1) is 24.3 Å². The third kappa shape index (κ3) is 3.83. The second-order valence-electron chi connectivity index (χ2n) is 6.77. The minimum atomic E-state index is -0.498. The molecule has 1 saturated heterocycles. The zero-order valence-electron chi connectivity index (χ0n) is 14.5. The highest BCUT2D eigenvalue weighted by molar-refractivity contribution is 6.03. The highest BCUT2D eigenvalue weighted by atomic mass is 16.5. The van der Waals surface area contributed by atoms with E-state index in [9.17, 15) is 14.4 Å². The number of methoxy groups -OCH3 is 1. The minimum Gasteiger partial charge on any atom is -0.465 e. The lowest BCUT2D eigenvalue weighted by molar-refractivity contribution is -0.130. The first-order chi connectivity index (χ1) is 12.1. The number of anilines is 1. The molecule has 25 heavy (non-hydrogen) atoms. The topological polar surface area (TPSA) is 75.7 Å². The number of nitrogens with one attached hydrogen (secondary N) is 1. The van der Waals surface area contributed by atoms with E-state index in [1.807, 2.05) is 4.90 Å². The van der Waals surface area contributed by atoms with Crippen LogP contribution in [0.1, 0.15) is 48.9 Å². The van der Waals surface area contributed by atoms with Gasteiger partial charge in [0.1, 0.15) is 0 Å². The van der Waals surface area contributed by atoms with Gasteiger partial charge in [0, 0.05) is 19.0 Å². The number of para-hydroxylation sites is 1. The van der Waals surface area contributed by atoms with Crippen LogP contribution in [0.25, 0.3) is 0 Å². The van der Waals surface area contributed by atoms with Crippen molar-refractivity contribution >= 4 is 23.5 Å². The fraction of sp³-hybridized carbons (Fsp3) is 0.526. The molecule has 1 aromatic carbocycles. The van der Waals surface area contributed by atoms with Crippen LogP contribution in [0.2, 0.25) is 0 Å². The molecule has 0 radical (unpaired) electrons. The lowest BCUT2D eigenvalue weighted by atomic mass is 9.94. The van der Waals surface area contributed by atoms with Crippen LogP contribution in [-0.4, -0.2) is 42.4 Å². The molecule has 0 spiro atoms. The van der Waals surface area contributed by atoms with Crippen molar-refractivity contribution in [3.63, 3.8) is 0 Å². The van der Waals surface area contributed by atoms with Crippen LogP contribution in [0.3, 0.4) is 0 Å². The van der Waals surface area contributed by atoms with Gasteiger partial charge in [-0.25, -0.2) is 4.79 Å². The lowest BCUT2D eigenvalue weighted by Gasteiger charge is -2.31. The van der Waals surface area contributed by atoms with Gasteiger partial charge in [0.15, 0.2) is 0 Å². The molecule has 6 heteroatoms. The van der Waals surface area contributed by atoms with Gasteiger partial charge in [-0.15, -0.1) is 0 Å². The summed E-state index contributed by atoms with van der Waals surface area (Å²) in [6.45, 7) is 0.468. The number of hydrogen-bond donors (Lipinski definition) is 1. The number of esters is 1. The Morgan fingerprint density at radius 2 is 1.88 bits per heavy atom. The fourth-order valence-electron chi connectivity index (χ4n) is 3.77. The third-order valence-corrected chi connectivity index (χ3v) is 5.13. The van der Waals surface area contributed by atoms with E-state index in [0.29, 0.717) is 17.8 Å². The fourth-order valence-corrected chi connectivity index (χ4v) is 3.77. The van der Waals surface area contributed by atoms with E-state index in [4.69, 9.17) is 4.74 Å². The van der Waals surface area contributed by atoms with Gasteiger partial charge in [-0.1, -0.05) is 31.4 Å². The van der Waals surface area contributed by atoms with Crippen LogP contribution >= 0.6 is 0 Å². The standard InChI is InChI=1S/C19H24N2O4/c1-25-19(24)15-9-5-6-10-16(15)20-18(23)13-11-17(22)21(12-13)14-7-3-2-4-8-14/h5-6,9-10,13-14H,2-4,7-8,11-12H2,1H3,(H,20,23)/t13-/m1/s1. The van der Waals surface area contributed by atoms with Gasteiger partial charge in [0.2, 0.25) is 11.8 Å². The molecule has 2 aliphatic rings. The van der Waals surface area contributed by atoms with Crippen molar-refractivity contribution in [3.8, 4) is 0 Å². The van der Waals surface area contributed by atoms with E-state index >= 15 is 0 Å². The van der Waals surface area contributed by atoms with Gasteiger partial charge in [-0.05, 0) is 25.0 Å². The number of hydrogen-bond acceptors (Lipinski definition) is 4. The highest BCUT2D eigenvalue weighted by Crippen LogP contribution is 2.29. The Morgan fingerprint density at radius 3 is 2.60 bits per heavy atom. The molecular formula is C19H24N2O4. The van der Waals surface area contributed by atoms with Crippen molar-refractivity contribution in [1.29, 1.82) is 0 Å². The SMILES string of the molecule is COC(=O)c1ccccc1NC(=O)[C@@H]1CC(=O)N(C2CCCCC2)C1. The molecule has 1 N–H and O–H groups in total. The summed E-state index contributed by atoms with van der Waals surface area (Å²) in [5.41, 5.74) is 0.731. The average Bonchev–Trinajstić information content (AvgIpc) is 3.04. The zero-order valence-corrected chi connectivity index (χ0v) is 14.5. The van der Waals surface area contributed by atoms with Crippen molar-refractivity contribution in [2.24, 2.45) is 5.92 Å². The summed E-state index contributed by atoms with van der Waals surface area (Å²) in [5.74, 6) is -1.03. The first kappa shape index (κ1) is 17.5. The summed E-state index contributed by atoms with van der Waals surface area (Å²) in [4.78, 5) is 38.6. The van der Waals surface area contributed by atoms with E-state index in [-0.39, 0.29) is 30.2 Å². The number of carbonyl (C=O) groups excluding carboxylic acids is 3. The smallest absolute Gasteiger partial charge is 0.339 e. The van der Waals surface area contributed by atoms with Gasteiger partial charge in [-0.2, -0.15) is 0 Å². The molecule has 0 aromatic heterocycles. The largest absolute Gasteiger partial charge is 0.465 e. The first-order valence-electron chi connectivity index (χ1n) is 8.88. The molecule has 1 aromatic rings. The molecule has 0 unspecified atom stereocenters. The van der Waals surface area contributed by atoms with Crippen LogP contribution in [0.15, 0.2) is 24.3 Å². The molecule has 1 heterocycles. The molecule has 1 saturated carbocycles.